The fraction of sp³-hybridized carbons (Fsp3) is 0.100. The predicted molar refractivity (Wildman–Crippen MR) is 103 cm³/mol. The second-order valence-corrected chi connectivity index (χ2v) is 6.00. The molecule has 1 heterocycles. The van der Waals surface area contributed by atoms with Gasteiger partial charge in [-0.05, 0) is 42.4 Å². The van der Waals surface area contributed by atoms with E-state index >= 15 is 0 Å². The number of benzene rings is 2. The van der Waals surface area contributed by atoms with Gasteiger partial charge < -0.3 is 10.6 Å². The summed E-state index contributed by atoms with van der Waals surface area (Å²) in [4.78, 5) is 4.09. The fourth-order valence-corrected chi connectivity index (χ4v) is 2.73. The van der Waals surface area contributed by atoms with Crippen LogP contribution in [0.4, 0.5) is 5.69 Å². The Morgan fingerprint density at radius 3 is 2.29 bits per heavy atom. The lowest BCUT2D eigenvalue weighted by atomic mass is 9.98. The summed E-state index contributed by atoms with van der Waals surface area (Å²) in [5.41, 5.74) is 4.44. The SMILES string of the molecule is Cc1ccc([C@H](NC(=S)Nc2cccnc2)c2ccccc2)cc1. The number of aryl methyl sites for hydroxylation is 1. The number of hydrogen-bond acceptors (Lipinski definition) is 2. The molecule has 0 radical (unpaired) electrons. The minimum absolute atomic E-state index is 0.0107. The smallest absolute Gasteiger partial charge is 0.171 e. The Labute approximate surface area is 147 Å². The average Bonchev–Trinajstić information content (AvgIpc) is 2.62. The summed E-state index contributed by atoms with van der Waals surface area (Å²) in [6.07, 6.45) is 3.48. The van der Waals surface area contributed by atoms with Crippen molar-refractivity contribution >= 4 is 23.0 Å². The molecule has 0 fully saturated rings. The Hall–Kier alpha value is -2.72. The third-order valence-corrected chi connectivity index (χ3v) is 3.96. The third-order valence-electron chi connectivity index (χ3n) is 3.74. The summed E-state index contributed by atoms with van der Waals surface area (Å²) in [5, 5.41) is 7.16. The van der Waals surface area contributed by atoms with Crippen LogP contribution >= 0.6 is 12.2 Å². The van der Waals surface area contributed by atoms with Crippen LogP contribution in [0.2, 0.25) is 0 Å². The standard InChI is InChI=1S/C20H19N3S/c1-15-9-11-17(12-10-15)19(16-6-3-2-4-7-16)23-20(24)22-18-8-5-13-21-14-18/h2-14,19H,1H3,(H2,22,23,24)/t19-/m1/s1. The normalized spacial score (nSPS) is 11.5. The second kappa shape index (κ2) is 7.70. The molecule has 2 aromatic carbocycles. The molecule has 0 aliphatic rings. The number of pyridine rings is 1. The predicted octanol–water partition coefficient (Wildman–Crippen LogP) is 4.47. The maximum Gasteiger partial charge on any atom is 0.171 e. The van der Waals surface area contributed by atoms with Crippen molar-refractivity contribution in [3.05, 3.63) is 95.8 Å². The van der Waals surface area contributed by atoms with E-state index in [1.807, 2.05) is 30.3 Å². The van der Waals surface area contributed by atoms with Gasteiger partial charge in [0, 0.05) is 6.20 Å². The van der Waals surface area contributed by atoms with Gasteiger partial charge in [-0.3, -0.25) is 4.98 Å². The summed E-state index contributed by atoms with van der Waals surface area (Å²) in [6.45, 7) is 2.09. The van der Waals surface area contributed by atoms with Gasteiger partial charge in [0.1, 0.15) is 0 Å². The van der Waals surface area contributed by atoms with E-state index < -0.39 is 0 Å². The van der Waals surface area contributed by atoms with Crippen LogP contribution in [0.1, 0.15) is 22.7 Å². The molecule has 3 aromatic rings. The van der Waals surface area contributed by atoms with Crippen molar-refractivity contribution in [2.45, 2.75) is 13.0 Å². The number of aromatic nitrogens is 1. The van der Waals surface area contributed by atoms with Crippen molar-refractivity contribution in [2.24, 2.45) is 0 Å². The van der Waals surface area contributed by atoms with E-state index in [1.54, 1.807) is 12.4 Å². The number of nitrogens with one attached hydrogen (secondary N) is 2. The van der Waals surface area contributed by atoms with Gasteiger partial charge in [-0.1, -0.05) is 60.2 Å². The molecule has 3 nitrogen and oxygen atoms in total. The van der Waals surface area contributed by atoms with Gasteiger partial charge in [0.05, 0.1) is 17.9 Å². The van der Waals surface area contributed by atoms with Crippen molar-refractivity contribution in [3.63, 3.8) is 0 Å². The molecule has 0 aliphatic heterocycles. The first-order valence-corrected chi connectivity index (χ1v) is 8.22. The zero-order valence-corrected chi connectivity index (χ0v) is 14.3. The van der Waals surface area contributed by atoms with Crippen LogP contribution in [0.15, 0.2) is 79.1 Å². The molecule has 4 heteroatoms. The van der Waals surface area contributed by atoms with Gasteiger partial charge in [-0.15, -0.1) is 0 Å². The summed E-state index contributed by atoms with van der Waals surface area (Å²) in [5.74, 6) is 0. The zero-order chi connectivity index (χ0) is 16.8. The molecule has 0 unspecified atom stereocenters. The van der Waals surface area contributed by atoms with E-state index in [9.17, 15) is 0 Å². The van der Waals surface area contributed by atoms with Crippen LogP contribution in [0.25, 0.3) is 0 Å². The molecule has 0 bridgehead atoms. The van der Waals surface area contributed by atoms with E-state index in [-0.39, 0.29) is 6.04 Å². The van der Waals surface area contributed by atoms with Crippen LogP contribution in [0.5, 0.6) is 0 Å². The van der Waals surface area contributed by atoms with Crippen LogP contribution in [0, 0.1) is 6.92 Å². The summed E-state index contributed by atoms with van der Waals surface area (Å²) in [7, 11) is 0. The molecule has 0 spiro atoms. The van der Waals surface area contributed by atoms with Gasteiger partial charge in [0.2, 0.25) is 0 Å². The number of nitrogens with zero attached hydrogens (tertiary/aromatic N) is 1. The number of hydrogen-bond donors (Lipinski definition) is 2. The van der Waals surface area contributed by atoms with Crippen LogP contribution in [0.3, 0.4) is 0 Å². The Morgan fingerprint density at radius 2 is 1.62 bits per heavy atom. The minimum atomic E-state index is -0.0107. The summed E-state index contributed by atoms with van der Waals surface area (Å²) >= 11 is 5.49. The van der Waals surface area contributed by atoms with Gasteiger partial charge in [-0.2, -0.15) is 0 Å². The fourth-order valence-electron chi connectivity index (χ4n) is 2.50. The van der Waals surface area contributed by atoms with E-state index in [0.29, 0.717) is 5.11 Å². The topological polar surface area (TPSA) is 37.0 Å². The highest BCUT2D eigenvalue weighted by Crippen LogP contribution is 2.22. The first-order valence-electron chi connectivity index (χ1n) is 7.81. The highest BCUT2D eigenvalue weighted by Gasteiger charge is 2.15. The summed E-state index contributed by atoms with van der Waals surface area (Å²) in [6, 6.07) is 22.6. The Kier molecular flexibility index (Phi) is 5.18. The lowest BCUT2D eigenvalue weighted by Crippen LogP contribution is -2.33. The maximum atomic E-state index is 5.49. The minimum Gasteiger partial charge on any atom is -0.352 e. The first kappa shape index (κ1) is 16.1. The summed E-state index contributed by atoms with van der Waals surface area (Å²) < 4.78 is 0. The number of thiocarbonyl (C=S) groups is 1. The monoisotopic (exact) mass is 333 g/mol. The quantitative estimate of drug-likeness (QED) is 0.691. The molecular formula is C20H19N3S. The average molecular weight is 333 g/mol. The van der Waals surface area contributed by atoms with Crippen LogP contribution in [-0.2, 0) is 0 Å². The van der Waals surface area contributed by atoms with Crippen molar-refractivity contribution in [2.75, 3.05) is 5.32 Å². The van der Waals surface area contributed by atoms with Gasteiger partial charge in [-0.25, -0.2) is 0 Å². The molecule has 0 saturated heterocycles. The lowest BCUT2D eigenvalue weighted by molar-refractivity contribution is 0.768. The number of anilines is 1. The molecule has 24 heavy (non-hydrogen) atoms. The molecule has 3 rings (SSSR count). The van der Waals surface area contributed by atoms with Crippen molar-refractivity contribution in [1.82, 2.24) is 10.3 Å². The molecule has 1 aromatic heterocycles. The highest BCUT2D eigenvalue weighted by atomic mass is 32.1. The largest absolute Gasteiger partial charge is 0.352 e. The van der Waals surface area contributed by atoms with E-state index in [1.165, 1.54) is 11.1 Å². The van der Waals surface area contributed by atoms with Crippen LogP contribution < -0.4 is 10.6 Å². The molecular weight excluding hydrogens is 314 g/mol. The molecule has 0 aliphatic carbocycles. The van der Waals surface area contributed by atoms with Gasteiger partial charge in [0.25, 0.3) is 0 Å². The third kappa shape index (κ3) is 4.18. The Balaban J connectivity index is 1.82. The lowest BCUT2D eigenvalue weighted by Gasteiger charge is -2.22. The van der Waals surface area contributed by atoms with Crippen LogP contribution in [-0.4, -0.2) is 10.1 Å². The van der Waals surface area contributed by atoms with E-state index in [0.717, 1.165) is 11.3 Å². The van der Waals surface area contributed by atoms with E-state index in [2.05, 4.69) is 58.9 Å². The van der Waals surface area contributed by atoms with Gasteiger partial charge >= 0.3 is 0 Å². The van der Waals surface area contributed by atoms with E-state index in [4.69, 9.17) is 12.2 Å². The van der Waals surface area contributed by atoms with Crippen molar-refractivity contribution < 1.29 is 0 Å². The number of rotatable bonds is 4. The molecule has 0 amide bonds. The molecule has 0 saturated carbocycles. The second-order valence-electron chi connectivity index (χ2n) is 5.59. The van der Waals surface area contributed by atoms with Crippen molar-refractivity contribution in [3.8, 4) is 0 Å². The van der Waals surface area contributed by atoms with Gasteiger partial charge in [0.15, 0.2) is 5.11 Å². The highest BCUT2D eigenvalue weighted by molar-refractivity contribution is 7.80. The zero-order valence-electron chi connectivity index (χ0n) is 13.4. The maximum absolute atomic E-state index is 5.49. The Morgan fingerprint density at radius 1 is 0.917 bits per heavy atom. The Bertz CT molecular complexity index is 786. The molecule has 120 valence electrons. The molecule has 2 N–H and O–H groups in total. The first-order chi connectivity index (χ1) is 11.7. The molecule has 1 atom stereocenters. The van der Waals surface area contributed by atoms with Crippen molar-refractivity contribution in [1.29, 1.82) is 0 Å².